The second-order valence-electron chi connectivity index (χ2n) is 2.17. The smallest absolute Gasteiger partial charge is 0.406 e. The minimum Gasteiger partial charge on any atom is -0.481 e. The number of carboxylic acid groups (broad SMARTS) is 1. The molecular weight excluding hydrogens is 173 g/mol. The molecule has 0 fully saturated rings. The maximum absolute atomic E-state index is 11.9. The van der Waals surface area contributed by atoms with Crippen molar-refractivity contribution in [2.24, 2.45) is 5.92 Å². The molecule has 0 spiro atoms. The van der Waals surface area contributed by atoms with Crippen molar-refractivity contribution in [2.45, 2.75) is 13.1 Å². The Bertz CT molecular complexity index is 236. The van der Waals surface area contributed by atoms with Crippen molar-refractivity contribution in [1.29, 1.82) is 0 Å². The van der Waals surface area contributed by atoms with E-state index in [2.05, 4.69) is 6.58 Å². The third kappa shape index (κ3) is 2.43. The van der Waals surface area contributed by atoms with E-state index >= 15 is 0 Å². The first kappa shape index (κ1) is 10.8. The molecule has 1 atom stereocenters. The molecule has 0 saturated heterocycles. The summed E-state index contributed by atoms with van der Waals surface area (Å²) in [7, 11) is 0. The highest BCUT2D eigenvalue weighted by molar-refractivity contribution is 5.74. The fraction of sp³-hybridized carbons (Fsp3) is 0.429. The quantitative estimate of drug-likeness (QED) is 0.659. The second kappa shape index (κ2) is 3.45. The van der Waals surface area contributed by atoms with Crippen molar-refractivity contribution in [2.75, 3.05) is 0 Å². The highest BCUT2D eigenvalue weighted by Crippen LogP contribution is 2.31. The van der Waals surface area contributed by atoms with Gasteiger partial charge in [0, 0.05) is 0 Å². The van der Waals surface area contributed by atoms with Crippen LogP contribution in [0, 0.1) is 5.92 Å². The molecule has 2 nitrogen and oxygen atoms in total. The Morgan fingerprint density at radius 1 is 1.58 bits per heavy atom. The highest BCUT2D eigenvalue weighted by atomic mass is 19.4. The zero-order valence-corrected chi connectivity index (χ0v) is 6.27. The largest absolute Gasteiger partial charge is 0.481 e. The van der Waals surface area contributed by atoms with Gasteiger partial charge in [-0.2, -0.15) is 13.2 Å². The molecule has 0 rings (SSSR count). The van der Waals surface area contributed by atoms with E-state index < -0.39 is 23.6 Å². The van der Waals surface area contributed by atoms with Crippen LogP contribution in [0.4, 0.5) is 13.2 Å². The molecule has 0 aromatic heterocycles. The summed E-state index contributed by atoms with van der Waals surface area (Å²) < 4.78 is 35.8. The predicted octanol–water partition coefficient (Wildman–Crippen LogP) is 1.98. The lowest BCUT2D eigenvalue weighted by Crippen LogP contribution is -2.31. The van der Waals surface area contributed by atoms with E-state index in [4.69, 9.17) is 5.11 Å². The first-order valence-corrected chi connectivity index (χ1v) is 2.96. The number of hydrogen-bond acceptors (Lipinski definition) is 1. The summed E-state index contributed by atoms with van der Waals surface area (Å²) in [5.41, 5.74) is 1.48. The van der Waals surface area contributed by atoms with Gasteiger partial charge >= 0.3 is 12.1 Å². The normalized spacial score (nSPS) is 13.3. The molecule has 0 aliphatic carbocycles. The summed E-state index contributed by atoms with van der Waals surface area (Å²) in [5.74, 6) is -4.42. The maximum atomic E-state index is 11.9. The predicted molar refractivity (Wildman–Crippen MR) is 35.5 cm³/mol. The first-order valence-electron chi connectivity index (χ1n) is 2.96. The summed E-state index contributed by atoms with van der Waals surface area (Å²) in [4.78, 5) is 10.1. The molecule has 0 radical (unpaired) electrons. The molecule has 0 aromatic rings. The molecule has 0 amide bonds. The number of halogens is 3. The zero-order valence-electron chi connectivity index (χ0n) is 6.27. The Labute approximate surface area is 67.0 Å². The number of alkyl halides is 3. The van der Waals surface area contributed by atoms with Gasteiger partial charge in [-0.1, -0.05) is 6.58 Å². The molecule has 1 unspecified atom stereocenters. The molecule has 0 aliphatic rings. The Hall–Kier alpha value is -1.22. The van der Waals surface area contributed by atoms with E-state index in [0.29, 0.717) is 0 Å². The molecule has 12 heavy (non-hydrogen) atoms. The third-order valence-electron chi connectivity index (χ3n) is 1.29. The second-order valence-corrected chi connectivity index (χ2v) is 2.17. The fourth-order valence-corrected chi connectivity index (χ4v) is 0.673. The van der Waals surface area contributed by atoms with Gasteiger partial charge in [0.25, 0.3) is 0 Å². The van der Waals surface area contributed by atoms with Gasteiger partial charge in [0.1, 0.15) is 0 Å². The zero-order chi connectivity index (χ0) is 9.94. The number of rotatable bonds is 2. The van der Waals surface area contributed by atoms with Crippen LogP contribution < -0.4 is 0 Å². The van der Waals surface area contributed by atoms with E-state index in [9.17, 15) is 18.0 Å². The van der Waals surface area contributed by atoms with Gasteiger partial charge in [-0.25, -0.2) is 0 Å². The molecule has 68 valence electrons. The van der Waals surface area contributed by atoms with E-state index in [1.807, 2.05) is 5.73 Å². The summed E-state index contributed by atoms with van der Waals surface area (Å²) in [5, 5.41) is 8.20. The van der Waals surface area contributed by atoms with Gasteiger partial charge in [-0.3, -0.25) is 4.79 Å². The van der Waals surface area contributed by atoms with E-state index in [1.165, 1.54) is 0 Å². The molecule has 5 heteroatoms. The average molecular weight is 180 g/mol. The SMILES string of the molecule is C=C=C(C)C(C(=O)O)C(F)(F)F. The first-order chi connectivity index (χ1) is 5.30. The van der Waals surface area contributed by atoms with Crippen molar-refractivity contribution < 1.29 is 23.1 Å². The molecule has 0 aliphatic heterocycles. The number of carbonyl (C=O) groups is 1. The van der Waals surface area contributed by atoms with Gasteiger partial charge in [0.2, 0.25) is 0 Å². The minimum absolute atomic E-state index is 0.435. The monoisotopic (exact) mass is 180 g/mol. The van der Waals surface area contributed by atoms with Crippen LogP contribution in [0.3, 0.4) is 0 Å². The average Bonchev–Trinajstić information content (AvgIpc) is 1.83. The number of carboxylic acids is 1. The number of hydrogen-bond donors (Lipinski definition) is 1. The van der Waals surface area contributed by atoms with Crippen molar-refractivity contribution >= 4 is 5.97 Å². The summed E-state index contributed by atoms with van der Waals surface area (Å²) in [6.07, 6.45) is -4.78. The van der Waals surface area contributed by atoms with E-state index in [0.717, 1.165) is 6.92 Å². The van der Waals surface area contributed by atoms with Crippen molar-refractivity contribution in [3.63, 3.8) is 0 Å². The summed E-state index contributed by atoms with van der Waals surface area (Å²) in [6, 6.07) is 0. The van der Waals surface area contributed by atoms with Crippen LogP contribution >= 0.6 is 0 Å². The third-order valence-corrected chi connectivity index (χ3v) is 1.29. The lowest BCUT2D eigenvalue weighted by atomic mass is 10.0. The van der Waals surface area contributed by atoms with Gasteiger partial charge in [0.15, 0.2) is 5.92 Å². The van der Waals surface area contributed by atoms with Crippen LogP contribution in [-0.4, -0.2) is 17.3 Å². The van der Waals surface area contributed by atoms with Crippen molar-refractivity contribution in [1.82, 2.24) is 0 Å². The maximum Gasteiger partial charge on any atom is 0.406 e. The van der Waals surface area contributed by atoms with Gasteiger partial charge < -0.3 is 5.11 Å². The van der Waals surface area contributed by atoms with Crippen molar-refractivity contribution in [3.8, 4) is 0 Å². The molecule has 0 heterocycles. The lowest BCUT2D eigenvalue weighted by molar-refractivity contribution is -0.185. The fourth-order valence-electron chi connectivity index (χ4n) is 0.673. The van der Waals surface area contributed by atoms with Crippen LogP contribution in [0.5, 0.6) is 0 Å². The Balaban J connectivity index is 4.94. The highest BCUT2D eigenvalue weighted by Gasteiger charge is 2.46. The van der Waals surface area contributed by atoms with Crippen LogP contribution in [-0.2, 0) is 4.79 Å². The molecular formula is C7H7F3O2. The van der Waals surface area contributed by atoms with Crippen LogP contribution in [0.15, 0.2) is 17.9 Å². The minimum atomic E-state index is -4.78. The Kier molecular flexibility index (Phi) is 3.10. The van der Waals surface area contributed by atoms with Crippen LogP contribution in [0.1, 0.15) is 6.92 Å². The topological polar surface area (TPSA) is 37.3 Å². The Morgan fingerprint density at radius 2 is 2.00 bits per heavy atom. The van der Waals surface area contributed by atoms with Gasteiger partial charge in [-0.15, -0.1) is 5.73 Å². The Morgan fingerprint density at radius 3 is 2.08 bits per heavy atom. The molecule has 0 aromatic carbocycles. The lowest BCUT2D eigenvalue weighted by Gasteiger charge is -2.14. The van der Waals surface area contributed by atoms with Crippen molar-refractivity contribution in [3.05, 3.63) is 17.9 Å². The summed E-state index contributed by atoms with van der Waals surface area (Å²) in [6.45, 7) is 3.98. The van der Waals surface area contributed by atoms with E-state index in [1.54, 1.807) is 0 Å². The van der Waals surface area contributed by atoms with Gasteiger partial charge in [0.05, 0.1) is 0 Å². The van der Waals surface area contributed by atoms with Crippen LogP contribution in [0.2, 0.25) is 0 Å². The summed E-state index contributed by atoms with van der Waals surface area (Å²) >= 11 is 0. The van der Waals surface area contributed by atoms with Gasteiger partial charge in [-0.05, 0) is 12.5 Å². The number of aliphatic carboxylic acids is 1. The van der Waals surface area contributed by atoms with E-state index in [-0.39, 0.29) is 0 Å². The van der Waals surface area contributed by atoms with Crippen LogP contribution in [0.25, 0.3) is 0 Å². The standard InChI is InChI=1S/C7H7F3O2/c1-3-4(2)5(6(11)12)7(8,9)10/h5H,1H2,2H3,(H,11,12). The molecule has 0 saturated carbocycles. The molecule has 1 N–H and O–H groups in total. The molecule has 0 bridgehead atoms.